The second kappa shape index (κ2) is 6.09. The van der Waals surface area contributed by atoms with Crippen LogP contribution in [0.5, 0.6) is 0 Å². The van der Waals surface area contributed by atoms with E-state index in [1.54, 1.807) is 0 Å². The molecule has 3 heteroatoms. The zero-order chi connectivity index (χ0) is 13.8. The van der Waals surface area contributed by atoms with E-state index in [9.17, 15) is 4.79 Å². The van der Waals surface area contributed by atoms with E-state index in [1.807, 2.05) is 0 Å². The van der Waals surface area contributed by atoms with E-state index in [4.69, 9.17) is 5.11 Å². The van der Waals surface area contributed by atoms with Crippen LogP contribution in [0.25, 0.3) is 0 Å². The lowest BCUT2D eigenvalue weighted by molar-refractivity contribution is -0.136. The lowest BCUT2D eigenvalue weighted by Crippen LogP contribution is -2.35. The van der Waals surface area contributed by atoms with Crippen molar-refractivity contribution < 1.29 is 9.90 Å². The molecule has 0 heterocycles. The van der Waals surface area contributed by atoms with Crippen LogP contribution in [-0.2, 0) is 4.79 Å². The fourth-order valence-corrected chi connectivity index (χ4v) is 2.52. The molecule has 0 amide bonds. The third-order valence-corrected chi connectivity index (χ3v) is 3.84. The Morgan fingerprint density at radius 1 is 1.37 bits per heavy atom. The Hall–Kier alpha value is -1.51. The maximum Gasteiger partial charge on any atom is 0.305 e. The zero-order valence-corrected chi connectivity index (χ0v) is 11.8. The van der Waals surface area contributed by atoms with Crippen LogP contribution >= 0.6 is 0 Å². The molecule has 0 aliphatic heterocycles. The highest BCUT2D eigenvalue weighted by molar-refractivity contribution is 5.67. The first-order chi connectivity index (χ1) is 9.06. The van der Waals surface area contributed by atoms with Gasteiger partial charge in [-0.05, 0) is 38.3 Å². The molecular formula is C16H23NO2. The quantitative estimate of drug-likeness (QED) is 0.817. The molecule has 0 bridgehead atoms. The summed E-state index contributed by atoms with van der Waals surface area (Å²) < 4.78 is 0. The molecule has 1 unspecified atom stereocenters. The summed E-state index contributed by atoms with van der Waals surface area (Å²) >= 11 is 0. The maximum absolute atomic E-state index is 10.8. The molecule has 1 aromatic carbocycles. The van der Waals surface area contributed by atoms with Crippen molar-refractivity contribution in [2.45, 2.75) is 45.6 Å². The van der Waals surface area contributed by atoms with Crippen LogP contribution in [0.15, 0.2) is 24.3 Å². The minimum atomic E-state index is -0.726. The first kappa shape index (κ1) is 13.9. The third kappa shape index (κ3) is 4.27. The monoisotopic (exact) mass is 261 g/mol. The van der Waals surface area contributed by atoms with E-state index in [2.05, 4.69) is 43.0 Å². The van der Waals surface area contributed by atoms with Crippen LogP contribution < -0.4 is 4.90 Å². The molecule has 104 valence electrons. The lowest BCUT2D eigenvalue weighted by Gasteiger charge is -2.31. The number of nitrogens with zero attached hydrogens (tertiary/aromatic N) is 1. The summed E-state index contributed by atoms with van der Waals surface area (Å²) in [7, 11) is 0. The number of rotatable bonds is 7. The molecule has 1 N–H and O–H groups in total. The van der Waals surface area contributed by atoms with Crippen molar-refractivity contribution in [2.75, 3.05) is 11.4 Å². The zero-order valence-electron chi connectivity index (χ0n) is 11.8. The molecule has 19 heavy (non-hydrogen) atoms. The Bertz CT molecular complexity index is 423. The van der Waals surface area contributed by atoms with Gasteiger partial charge in [-0.3, -0.25) is 4.79 Å². The topological polar surface area (TPSA) is 40.5 Å². The minimum Gasteiger partial charge on any atom is -0.481 e. The highest BCUT2D eigenvalue weighted by Gasteiger charge is 2.26. The first-order valence-corrected chi connectivity index (χ1v) is 7.11. The average molecular weight is 261 g/mol. The number of carboxylic acids is 1. The second-order valence-electron chi connectivity index (χ2n) is 5.70. The first-order valence-electron chi connectivity index (χ1n) is 7.11. The third-order valence-electron chi connectivity index (χ3n) is 3.84. The SMILES string of the molecule is Cc1ccc(N(CCC(=O)O)C(C)CC2CC2)cc1. The van der Waals surface area contributed by atoms with Crippen LogP contribution in [0.3, 0.4) is 0 Å². The largest absolute Gasteiger partial charge is 0.481 e. The van der Waals surface area contributed by atoms with Crippen molar-refractivity contribution in [1.82, 2.24) is 0 Å². The Morgan fingerprint density at radius 2 is 2.00 bits per heavy atom. The number of hydrogen-bond acceptors (Lipinski definition) is 2. The van der Waals surface area contributed by atoms with Gasteiger partial charge in [0.05, 0.1) is 6.42 Å². The molecule has 0 aromatic heterocycles. The Kier molecular flexibility index (Phi) is 4.46. The normalized spacial score (nSPS) is 16.1. The summed E-state index contributed by atoms with van der Waals surface area (Å²) in [5.41, 5.74) is 2.37. The average Bonchev–Trinajstić information content (AvgIpc) is 3.15. The number of benzene rings is 1. The molecule has 0 radical (unpaired) electrons. The van der Waals surface area contributed by atoms with Crippen molar-refractivity contribution in [1.29, 1.82) is 0 Å². The minimum absolute atomic E-state index is 0.197. The van der Waals surface area contributed by atoms with Crippen LogP contribution in [0.1, 0.15) is 38.2 Å². The summed E-state index contributed by atoms with van der Waals surface area (Å²) in [4.78, 5) is 13.1. The van der Waals surface area contributed by atoms with Gasteiger partial charge in [0, 0.05) is 18.3 Å². The standard InChI is InChI=1S/C16H23NO2/c1-12-3-7-15(8-4-12)17(10-9-16(18)19)13(2)11-14-5-6-14/h3-4,7-8,13-14H,5-6,9-11H2,1-2H3,(H,18,19). The van der Waals surface area contributed by atoms with Gasteiger partial charge in [-0.1, -0.05) is 30.5 Å². The highest BCUT2D eigenvalue weighted by atomic mass is 16.4. The van der Waals surface area contributed by atoms with Gasteiger partial charge < -0.3 is 10.0 Å². The molecule has 1 aliphatic carbocycles. The summed E-state index contributed by atoms with van der Waals surface area (Å²) in [6.07, 6.45) is 4.05. The number of carbonyl (C=O) groups is 1. The van der Waals surface area contributed by atoms with Crippen LogP contribution in [0, 0.1) is 12.8 Å². The smallest absolute Gasteiger partial charge is 0.305 e. The predicted octanol–water partition coefficient (Wildman–Crippen LogP) is 3.46. The molecular weight excluding hydrogens is 238 g/mol. The van der Waals surface area contributed by atoms with Crippen molar-refractivity contribution in [3.8, 4) is 0 Å². The van der Waals surface area contributed by atoms with E-state index < -0.39 is 5.97 Å². The summed E-state index contributed by atoms with van der Waals surface area (Å²) in [6, 6.07) is 8.79. The fourth-order valence-electron chi connectivity index (χ4n) is 2.52. The van der Waals surface area contributed by atoms with Gasteiger partial charge in [0.15, 0.2) is 0 Å². The van der Waals surface area contributed by atoms with E-state index in [0.717, 1.165) is 11.6 Å². The lowest BCUT2D eigenvalue weighted by atomic mass is 10.1. The maximum atomic E-state index is 10.8. The van der Waals surface area contributed by atoms with Crippen LogP contribution in [-0.4, -0.2) is 23.7 Å². The Morgan fingerprint density at radius 3 is 2.53 bits per heavy atom. The number of aryl methyl sites for hydroxylation is 1. The van der Waals surface area contributed by atoms with Gasteiger partial charge in [0.25, 0.3) is 0 Å². The van der Waals surface area contributed by atoms with Gasteiger partial charge >= 0.3 is 5.97 Å². The molecule has 1 aromatic rings. The molecule has 0 saturated heterocycles. The second-order valence-corrected chi connectivity index (χ2v) is 5.70. The van der Waals surface area contributed by atoms with E-state index >= 15 is 0 Å². The highest BCUT2D eigenvalue weighted by Crippen LogP contribution is 2.35. The van der Waals surface area contributed by atoms with Gasteiger partial charge in [-0.2, -0.15) is 0 Å². The number of carboxylic acid groups (broad SMARTS) is 1. The molecule has 0 spiro atoms. The van der Waals surface area contributed by atoms with Crippen LogP contribution in [0.2, 0.25) is 0 Å². The van der Waals surface area contributed by atoms with E-state index in [-0.39, 0.29) is 6.42 Å². The number of aliphatic carboxylic acids is 1. The van der Waals surface area contributed by atoms with E-state index in [1.165, 1.54) is 24.8 Å². The number of anilines is 1. The molecule has 1 atom stereocenters. The van der Waals surface area contributed by atoms with Gasteiger partial charge in [-0.15, -0.1) is 0 Å². The summed E-state index contributed by atoms with van der Waals surface area (Å²) in [5.74, 6) is 0.128. The van der Waals surface area contributed by atoms with E-state index in [0.29, 0.717) is 12.6 Å². The molecule has 1 saturated carbocycles. The molecule has 1 aliphatic rings. The Balaban J connectivity index is 2.06. The molecule has 1 fully saturated rings. The molecule has 2 rings (SSSR count). The van der Waals surface area contributed by atoms with Gasteiger partial charge in [0.1, 0.15) is 0 Å². The fraction of sp³-hybridized carbons (Fsp3) is 0.562. The predicted molar refractivity (Wildman–Crippen MR) is 77.6 cm³/mol. The summed E-state index contributed by atoms with van der Waals surface area (Å²) in [5, 5.41) is 8.90. The summed E-state index contributed by atoms with van der Waals surface area (Å²) in [6.45, 7) is 4.87. The van der Waals surface area contributed by atoms with Crippen molar-refractivity contribution >= 4 is 11.7 Å². The number of hydrogen-bond donors (Lipinski definition) is 1. The van der Waals surface area contributed by atoms with Gasteiger partial charge in [0.2, 0.25) is 0 Å². The van der Waals surface area contributed by atoms with Crippen LogP contribution in [0.4, 0.5) is 5.69 Å². The van der Waals surface area contributed by atoms with Crippen molar-refractivity contribution in [2.24, 2.45) is 5.92 Å². The van der Waals surface area contributed by atoms with Crippen molar-refractivity contribution in [3.63, 3.8) is 0 Å². The van der Waals surface area contributed by atoms with Crippen molar-refractivity contribution in [3.05, 3.63) is 29.8 Å². The molecule has 3 nitrogen and oxygen atoms in total. The Labute approximate surface area is 115 Å². The van der Waals surface area contributed by atoms with Gasteiger partial charge in [-0.25, -0.2) is 0 Å².